The van der Waals surface area contributed by atoms with Crippen LogP contribution in [-0.4, -0.2) is 35.9 Å². The molecule has 0 saturated carbocycles. The first-order valence-electron chi connectivity index (χ1n) is 6.75. The van der Waals surface area contributed by atoms with E-state index in [4.69, 9.17) is 0 Å². The number of nitrogens with one attached hydrogen (secondary N) is 1. The van der Waals surface area contributed by atoms with E-state index < -0.39 is 4.92 Å². The Morgan fingerprint density at radius 2 is 1.95 bits per heavy atom. The highest BCUT2D eigenvalue weighted by Crippen LogP contribution is 2.15. The number of nitro benzene ring substituents is 1. The summed E-state index contributed by atoms with van der Waals surface area (Å²) in [5, 5.41) is 13.2. The Balaban J connectivity index is 2.36. The zero-order valence-corrected chi connectivity index (χ0v) is 12.0. The molecule has 0 aromatic heterocycles. The van der Waals surface area contributed by atoms with Gasteiger partial charge in [-0.15, -0.1) is 0 Å². The van der Waals surface area contributed by atoms with Crippen LogP contribution < -0.4 is 5.32 Å². The van der Waals surface area contributed by atoms with Gasteiger partial charge in [0.15, 0.2) is 0 Å². The van der Waals surface area contributed by atoms with Crippen LogP contribution in [-0.2, 0) is 4.79 Å². The van der Waals surface area contributed by atoms with Gasteiger partial charge in [-0.3, -0.25) is 14.9 Å². The molecule has 0 radical (unpaired) electrons. The molecule has 6 nitrogen and oxygen atoms in total. The van der Waals surface area contributed by atoms with Gasteiger partial charge in [-0.1, -0.05) is 13.3 Å². The van der Waals surface area contributed by atoms with Crippen LogP contribution in [0.15, 0.2) is 24.3 Å². The Bertz CT molecular complexity index is 445. The Hall–Kier alpha value is -1.95. The van der Waals surface area contributed by atoms with E-state index in [1.54, 1.807) is 0 Å². The van der Waals surface area contributed by atoms with E-state index in [1.165, 1.54) is 24.3 Å². The van der Waals surface area contributed by atoms with Crippen LogP contribution in [0.2, 0.25) is 0 Å². The fraction of sp³-hybridized carbons (Fsp3) is 0.500. The minimum absolute atomic E-state index is 0.0160. The van der Waals surface area contributed by atoms with E-state index in [0.29, 0.717) is 18.7 Å². The van der Waals surface area contributed by atoms with Gasteiger partial charge in [0.05, 0.1) is 4.92 Å². The normalized spacial score (nSPS) is 10.6. The van der Waals surface area contributed by atoms with Gasteiger partial charge in [-0.05, 0) is 32.1 Å². The highest BCUT2D eigenvalue weighted by atomic mass is 16.6. The van der Waals surface area contributed by atoms with Gasteiger partial charge >= 0.3 is 0 Å². The van der Waals surface area contributed by atoms with Gasteiger partial charge in [0.2, 0.25) is 5.91 Å². The Morgan fingerprint density at radius 1 is 1.30 bits per heavy atom. The highest BCUT2D eigenvalue weighted by molar-refractivity contribution is 5.90. The second kappa shape index (κ2) is 8.27. The maximum absolute atomic E-state index is 11.7. The lowest BCUT2D eigenvalue weighted by Crippen LogP contribution is -2.25. The molecule has 0 bridgehead atoms. The molecule has 20 heavy (non-hydrogen) atoms. The number of anilines is 1. The summed E-state index contributed by atoms with van der Waals surface area (Å²) in [7, 11) is 1.99. The molecule has 1 rings (SSSR count). The summed E-state index contributed by atoms with van der Waals surface area (Å²) in [5.74, 6) is -0.0813. The third-order valence-electron chi connectivity index (χ3n) is 2.98. The van der Waals surface area contributed by atoms with Gasteiger partial charge < -0.3 is 10.2 Å². The van der Waals surface area contributed by atoms with Crippen LogP contribution in [0.4, 0.5) is 11.4 Å². The second-order valence-electron chi connectivity index (χ2n) is 4.76. The molecule has 0 aliphatic heterocycles. The standard InChI is InChI=1S/C14H21N3O3/c1-3-4-10-16(2)11-9-14(18)15-12-5-7-13(8-6-12)17(19)20/h5-8H,3-4,9-11H2,1-2H3,(H,15,18). The molecule has 0 spiro atoms. The van der Waals surface area contributed by atoms with E-state index in [2.05, 4.69) is 17.1 Å². The van der Waals surface area contributed by atoms with Gasteiger partial charge in [0.25, 0.3) is 5.69 Å². The number of nitro groups is 1. The van der Waals surface area contributed by atoms with Gasteiger partial charge in [0, 0.05) is 30.8 Å². The van der Waals surface area contributed by atoms with Crippen LogP contribution in [0.3, 0.4) is 0 Å². The van der Waals surface area contributed by atoms with Gasteiger partial charge in [-0.25, -0.2) is 0 Å². The highest BCUT2D eigenvalue weighted by Gasteiger charge is 2.07. The average molecular weight is 279 g/mol. The lowest BCUT2D eigenvalue weighted by molar-refractivity contribution is -0.384. The monoisotopic (exact) mass is 279 g/mol. The Labute approximate surface area is 118 Å². The largest absolute Gasteiger partial charge is 0.326 e. The zero-order valence-electron chi connectivity index (χ0n) is 12.0. The van der Waals surface area contributed by atoms with Crippen molar-refractivity contribution in [2.75, 3.05) is 25.5 Å². The molecule has 0 heterocycles. The van der Waals surface area contributed by atoms with Crippen LogP contribution in [0.25, 0.3) is 0 Å². The first-order chi connectivity index (χ1) is 9.52. The minimum atomic E-state index is -0.464. The van der Waals surface area contributed by atoms with Crippen molar-refractivity contribution in [2.45, 2.75) is 26.2 Å². The van der Waals surface area contributed by atoms with Crippen molar-refractivity contribution in [3.8, 4) is 0 Å². The summed E-state index contributed by atoms with van der Waals surface area (Å²) in [4.78, 5) is 23.9. The summed E-state index contributed by atoms with van der Waals surface area (Å²) in [5.41, 5.74) is 0.596. The Kier molecular flexibility index (Phi) is 6.66. The number of carbonyl (C=O) groups excluding carboxylic acids is 1. The summed E-state index contributed by atoms with van der Waals surface area (Å²) >= 11 is 0. The molecule has 0 atom stereocenters. The third-order valence-corrected chi connectivity index (χ3v) is 2.98. The van der Waals surface area contributed by atoms with Crippen LogP contribution >= 0.6 is 0 Å². The Morgan fingerprint density at radius 3 is 2.50 bits per heavy atom. The molecule has 0 fully saturated rings. The number of non-ortho nitro benzene ring substituents is 1. The maximum Gasteiger partial charge on any atom is 0.269 e. The van der Waals surface area contributed by atoms with E-state index in [1.807, 2.05) is 7.05 Å². The maximum atomic E-state index is 11.7. The summed E-state index contributed by atoms with van der Waals surface area (Å²) < 4.78 is 0. The molecule has 110 valence electrons. The third kappa shape index (κ3) is 5.79. The van der Waals surface area contributed by atoms with Gasteiger partial charge in [-0.2, -0.15) is 0 Å². The minimum Gasteiger partial charge on any atom is -0.326 e. The molecular formula is C14H21N3O3. The SMILES string of the molecule is CCCCN(C)CCC(=O)Nc1ccc([N+](=O)[O-])cc1. The smallest absolute Gasteiger partial charge is 0.269 e. The predicted molar refractivity (Wildman–Crippen MR) is 78.7 cm³/mol. The quantitative estimate of drug-likeness (QED) is 0.586. The van der Waals surface area contributed by atoms with Crippen molar-refractivity contribution >= 4 is 17.3 Å². The molecule has 1 N–H and O–H groups in total. The summed E-state index contributed by atoms with van der Waals surface area (Å²) in [6, 6.07) is 5.83. The molecule has 1 amide bonds. The molecule has 0 aliphatic rings. The predicted octanol–water partition coefficient (Wildman–Crippen LogP) is 2.66. The van der Waals surface area contributed by atoms with E-state index in [9.17, 15) is 14.9 Å². The zero-order chi connectivity index (χ0) is 15.0. The number of rotatable bonds is 8. The number of carbonyl (C=O) groups is 1. The number of amides is 1. The number of unbranched alkanes of at least 4 members (excludes halogenated alkanes) is 1. The summed E-state index contributed by atoms with van der Waals surface area (Å²) in [6.07, 6.45) is 2.68. The second-order valence-corrected chi connectivity index (χ2v) is 4.76. The van der Waals surface area contributed by atoms with E-state index in [-0.39, 0.29) is 11.6 Å². The number of benzene rings is 1. The molecule has 0 aliphatic carbocycles. The lowest BCUT2D eigenvalue weighted by atomic mass is 10.2. The fourth-order valence-electron chi connectivity index (χ4n) is 1.72. The van der Waals surface area contributed by atoms with Crippen LogP contribution in [0.5, 0.6) is 0 Å². The van der Waals surface area contributed by atoms with Crippen LogP contribution in [0, 0.1) is 10.1 Å². The van der Waals surface area contributed by atoms with Crippen molar-refractivity contribution in [1.29, 1.82) is 0 Å². The van der Waals surface area contributed by atoms with Crippen molar-refractivity contribution in [2.24, 2.45) is 0 Å². The molecule has 6 heteroatoms. The number of nitrogens with zero attached hydrogens (tertiary/aromatic N) is 2. The van der Waals surface area contributed by atoms with Crippen LogP contribution in [0.1, 0.15) is 26.2 Å². The van der Waals surface area contributed by atoms with Crippen molar-refractivity contribution in [1.82, 2.24) is 4.90 Å². The lowest BCUT2D eigenvalue weighted by Gasteiger charge is -2.15. The molecule has 1 aromatic rings. The number of hydrogen-bond acceptors (Lipinski definition) is 4. The molecular weight excluding hydrogens is 258 g/mol. The average Bonchev–Trinajstić information content (AvgIpc) is 2.43. The van der Waals surface area contributed by atoms with Crippen molar-refractivity contribution in [3.05, 3.63) is 34.4 Å². The fourth-order valence-corrected chi connectivity index (χ4v) is 1.72. The van der Waals surface area contributed by atoms with Crippen molar-refractivity contribution in [3.63, 3.8) is 0 Å². The van der Waals surface area contributed by atoms with E-state index >= 15 is 0 Å². The number of hydrogen-bond donors (Lipinski definition) is 1. The molecule has 1 aromatic carbocycles. The van der Waals surface area contributed by atoms with Crippen molar-refractivity contribution < 1.29 is 9.72 Å². The first-order valence-corrected chi connectivity index (χ1v) is 6.75. The topological polar surface area (TPSA) is 75.5 Å². The first kappa shape index (κ1) is 16.1. The molecule has 0 unspecified atom stereocenters. The van der Waals surface area contributed by atoms with Gasteiger partial charge in [0.1, 0.15) is 0 Å². The summed E-state index contributed by atoms with van der Waals surface area (Å²) in [6.45, 7) is 3.83. The van der Waals surface area contributed by atoms with E-state index in [0.717, 1.165) is 19.4 Å². The molecule has 0 saturated heterocycles.